The van der Waals surface area contributed by atoms with Crippen LogP contribution < -0.4 is 0 Å². The fourth-order valence-electron chi connectivity index (χ4n) is 3.17. The van der Waals surface area contributed by atoms with E-state index < -0.39 is 11.6 Å². The molecule has 3 rings (SSSR count). The van der Waals surface area contributed by atoms with E-state index >= 15 is 0 Å². The standard InChI is InChI=1S/C21H20F2.C2H6/c1-15-5-10-17(11-6-15)18-12-7-16(8-13-18)9-14-19-3-2-4-20(22)21(19)23;1-2/h2-4,7-8,12-13,15,17H,5-6,10-11H2,1H3;1-2H3. The molecule has 0 unspecified atom stereocenters. The van der Waals surface area contributed by atoms with E-state index in [1.807, 2.05) is 26.0 Å². The molecule has 0 amide bonds. The molecule has 1 saturated carbocycles. The van der Waals surface area contributed by atoms with Crippen molar-refractivity contribution in [3.05, 3.63) is 70.8 Å². The van der Waals surface area contributed by atoms with Crippen molar-refractivity contribution in [2.45, 2.75) is 52.4 Å². The average molecular weight is 340 g/mol. The first-order valence-corrected chi connectivity index (χ1v) is 9.19. The molecule has 0 aliphatic heterocycles. The van der Waals surface area contributed by atoms with Gasteiger partial charge in [0.15, 0.2) is 11.6 Å². The van der Waals surface area contributed by atoms with E-state index in [1.54, 1.807) is 0 Å². The van der Waals surface area contributed by atoms with Crippen LogP contribution in [-0.4, -0.2) is 0 Å². The summed E-state index contributed by atoms with van der Waals surface area (Å²) in [7, 11) is 0. The van der Waals surface area contributed by atoms with Gasteiger partial charge in [0.05, 0.1) is 5.56 Å². The largest absolute Gasteiger partial charge is 0.204 e. The number of rotatable bonds is 1. The molecule has 1 fully saturated rings. The smallest absolute Gasteiger partial charge is 0.174 e. The molecule has 2 aromatic rings. The minimum absolute atomic E-state index is 0.0929. The summed E-state index contributed by atoms with van der Waals surface area (Å²) in [6.45, 7) is 6.32. The maximum Gasteiger partial charge on any atom is 0.174 e. The highest BCUT2D eigenvalue weighted by molar-refractivity contribution is 5.44. The molecule has 0 saturated heterocycles. The molecule has 0 heterocycles. The normalized spacial score (nSPS) is 19.2. The van der Waals surface area contributed by atoms with Crippen LogP contribution in [-0.2, 0) is 0 Å². The third kappa shape index (κ3) is 5.16. The van der Waals surface area contributed by atoms with Gasteiger partial charge >= 0.3 is 0 Å². The van der Waals surface area contributed by atoms with Gasteiger partial charge in [0, 0.05) is 5.56 Å². The zero-order valence-electron chi connectivity index (χ0n) is 15.3. The highest BCUT2D eigenvalue weighted by Crippen LogP contribution is 2.35. The van der Waals surface area contributed by atoms with Crippen LogP contribution in [0.25, 0.3) is 0 Å². The van der Waals surface area contributed by atoms with E-state index in [9.17, 15) is 8.78 Å². The van der Waals surface area contributed by atoms with Crippen LogP contribution in [0.1, 0.15) is 69.1 Å². The Hall–Kier alpha value is -2.14. The van der Waals surface area contributed by atoms with Crippen molar-refractivity contribution in [1.29, 1.82) is 0 Å². The van der Waals surface area contributed by atoms with E-state index in [1.165, 1.54) is 43.4 Å². The summed E-state index contributed by atoms with van der Waals surface area (Å²) in [4.78, 5) is 0. The Balaban J connectivity index is 0.00000109. The van der Waals surface area contributed by atoms with Gasteiger partial charge in [-0.2, -0.15) is 0 Å². The first-order chi connectivity index (χ1) is 12.1. The van der Waals surface area contributed by atoms with E-state index in [-0.39, 0.29) is 5.56 Å². The van der Waals surface area contributed by atoms with Crippen LogP contribution in [0.15, 0.2) is 42.5 Å². The first kappa shape index (κ1) is 19.2. The van der Waals surface area contributed by atoms with Crippen LogP contribution in [0, 0.1) is 29.4 Å². The predicted molar refractivity (Wildman–Crippen MR) is 101 cm³/mol. The Morgan fingerprint density at radius 1 is 0.840 bits per heavy atom. The van der Waals surface area contributed by atoms with Gasteiger partial charge in [-0.25, -0.2) is 8.78 Å². The Morgan fingerprint density at radius 3 is 2.12 bits per heavy atom. The van der Waals surface area contributed by atoms with Gasteiger partial charge in [-0.3, -0.25) is 0 Å². The number of halogens is 2. The molecule has 0 bridgehead atoms. The SMILES string of the molecule is CC.CC1CCC(c2ccc(C#Cc3cccc(F)c3F)cc2)CC1. The summed E-state index contributed by atoms with van der Waals surface area (Å²) in [6, 6.07) is 12.2. The molecule has 0 radical (unpaired) electrons. The zero-order valence-corrected chi connectivity index (χ0v) is 15.3. The molecule has 1 aliphatic rings. The summed E-state index contributed by atoms with van der Waals surface area (Å²) in [6.07, 6.45) is 5.09. The van der Waals surface area contributed by atoms with Gasteiger partial charge in [0.1, 0.15) is 0 Å². The molecule has 25 heavy (non-hydrogen) atoms. The van der Waals surface area contributed by atoms with Crippen molar-refractivity contribution < 1.29 is 8.78 Å². The minimum atomic E-state index is -0.882. The maximum atomic E-state index is 13.6. The molecule has 0 spiro atoms. The zero-order chi connectivity index (χ0) is 18.2. The Bertz CT molecular complexity index is 727. The fourth-order valence-corrected chi connectivity index (χ4v) is 3.17. The summed E-state index contributed by atoms with van der Waals surface area (Å²) in [5, 5.41) is 0. The van der Waals surface area contributed by atoms with Crippen molar-refractivity contribution >= 4 is 0 Å². The first-order valence-electron chi connectivity index (χ1n) is 9.19. The molecule has 2 heteroatoms. The lowest BCUT2D eigenvalue weighted by Gasteiger charge is -2.26. The van der Waals surface area contributed by atoms with Gasteiger partial charge in [-0.1, -0.05) is 63.7 Å². The topological polar surface area (TPSA) is 0 Å². The van der Waals surface area contributed by atoms with Crippen molar-refractivity contribution in [1.82, 2.24) is 0 Å². The lowest BCUT2D eigenvalue weighted by Crippen LogP contribution is -2.10. The maximum absolute atomic E-state index is 13.6. The summed E-state index contributed by atoms with van der Waals surface area (Å²) < 4.78 is 26.7. The lowest BCUT2D eigenvalue weighted by atomic mass is 9.79. The molecular weight excluding hydrogens is 314 g/mol. The molecule has 0 aromatic heterocycles. The number of hydrogen-bond acceptors (Lipinski definition) is 0. The highest BCUT2D eigenvalue weighted by atomic mass is 19.2. The van der Waals surface area contributed by atoms with E-state index in [4.69, 9.17) is 0 Å². The Morgan fingerprint density at radius 2 is 1.48 bits per heavy atom. The van der Waals surface area contributed by atoms with Crippen molar-refractivity contribution in [3.8, 4) is 11.8 Å². The van der Waals surface area contributed by atoms with Gasteiger partial charge < -0.3 is 0 Å². The average Bonchev–Trinajstić information content (AvgIpc) is 2.66. The van der Waals surface area contributed by atoms with E-state index in [0.29, 0.717) is 5.92 Å². The highest BCUT2D eigenvalue weighted by Gasteiger charge is 2.19. The van der Waals surface area contributed by atoms with Crippen LogP contribution in [0.3, 0.4) is 0 Å². The van der Waals surface area contributed by atoms with Crippen LogP contribution in [0.4, 0.5) is 8.78 Å². The second-order valence-electron chi connectivity index (χ2n) is 6.43. The number of hydrogen-bond donors (Lipinski definition) is 0. The van der Waals surface area contributed by atoms with E-state index in [2.05, 4.69) is 30.9 Å². The van der Waals surface area contributed by atoms with Crippen molar-refractivity contribution in [2.24, 2.45) is 5.92 Å². The van der Waals surface area contributed by atoms with Gasteiger partial charge in [-0.05, 0) is 54.5 Å². The van der Waals surface area contributed by atoms with Gasteiger partial charge in [0.2, 0.25) is 0 Å². The monoisotopic (exact) mass is 340 g/mol. The third-order valence-corrected chi connectivity index (χ3v) is 4.69. The van der Waals surface area contributed by atoms with Crippen molar-refractivity contribution in [3.63, 3.8) is 0 Å². The molecule has 0 nitrogen and oxygen atoms in total. The van der Waals surface area contributed by atoms with Crippen molar-refractivity contribution in [2.75, 3.05) is 0 Å². The molecule has 0 N–H and O–H groups in total. The summed E-state index contributed by atoms with van der Waals surface area (Å²) in [5.74, 6) is 5.37. The van der Waals surface area contributed by atoms with Crippen LogP contribution in [0.2, 0.25) is 0 Å². The van der Waals surface area contributed by atoms with Gasteiger partial charge in [0.25, 0.3) is 0 Å². The van der Waals surface area contributed by atoms with Gasteiger partial charge in [-0.15, -0.1) is 0 Å². The lowest BCUT2D eigenvalue weighted by molar-refractivity contribution is 0.348. The predicted octanol–water partition coefficient (Wildman–Crippen LogP) is 6.68. The summed E-state index contributed by atoms with van der Waals surface area (Å²) >= 11 is 0. The number of benzene rings is 2. The van der Waals surface area contributed by atoms with Crippen LogP contribution >= 0.6 is 0 Å². The molecule has 0 atom stereocenters. The fraction of sp³-hybridized carbons (Fsp3) is 0.391. The second-order valence-corrected chi connectivity index (χ2v) is 6.43. The quantitative estimate of drug-likeness (QED) is 0.508. The molecule has 2 aromatic carbocycles. The minimum Gasteiger partial charge on any atom is -0.204 e. The summed E-state index contributed by atoms with van der Waals surface area (Å²) in [5.41, 5.74) is 2.27. The van der Waals surface area contributed by atoms with Crippen LogP contribution in [0.5, 0.6) is 0 Å². The molecule has 132 valence electrons. The second kappa shape index (κ2) is 9.37. The Kier molecular flexibility index (Phi) is 7.19. The third-order valence-electron chi connectivity index (χ3n) is 4.69. The molecule has 1 aliphatic carbocycles. The van der Waals surface area contributed by atoms with E-state index in [0.717, 1.165) is 17.5 Å². The Labute approximate surface area is 150 Å². The molecular formula is C23H26F2.